The molecule has 0 radical (unpaired) electrons. The van der Waals surface area contributed by atoms with Crippen LogP contribution in [0.15, 0.2) is 72.9 Å². The van der Waals surface area contributed by atoms with Crippen molar-refractivity contribution in [3.63, 3.8) is 0 Å². The molecule has 0 aliphatic rings. The number of hydrogen-bond donors (Lipinski definition) is 0. The Balaban J connectivity index is 4.30. The van der Waals surface area contributed by atoms with Gasteiger partial charge >= 0.3 is 11.9 Å². The molecular formula is C59H103NO7. The van der Waals surface area contributed by atoms with Crippen molar-refractivity contribution in [2.24, 2.45) is 0 Å². The molecule has 0 amide bonds. The number of carboxylic acids is 1. The van der Waals surface area contributed by atoms with Crippen LogP contribution in [0.1, 0.15) is 232 Å². The molecule has 0 spiro atoms. The van der Waals surface area contributed by atoms with Crippen molar-refractivity contribution in [3.05, 3.63) is 72.9 Å². The smallest absolute Gasteiger partial charge is 0.306 e. The Bertz CT molecular complexity index is 1320. The van der Waals surface area contributed by atoms with Gasteiger partial charge in [-0.15, -0.1) is 0 Å². The fourth-order valence-corrected chi connectivity index (χ4v) is 7.79. The molecule has 67 heavy (non-hydrogen) atoms. The van der Waals surface area contributed by atoms with E-state index in [-0.39, 0.29) is 42.7 Å². The second-order valence-corrected chi connectivity index (χ2v) is 19.5. The summed E-state index contributed by atoms with van der Waals surface area (Å²) in [7, 11) is 5.40. The number of likely N-dealkylation sites (N-methyl/N-ethyl adjacent to an activating group) is 1. The molecule has 0 aromatic rings. The van der Waals surface area contributed by atoms with Crippen LogP contribution in [0.25, 0.3) is 0 Å². The molecule has 386 valence electrons. The Morgan fingerprint density at radius 2 is 0.791 bits per heavy atom. The van der Waals surface area contributed by atoms with Crippen molar-refractivity contribution in [2.75, 3.05) is 41.0 Å². The molecule has 8 heteroatoms. The molecule has 0 heterocycles. The molecule has 0 saturated heterocycles. The maximum Gasteiger partial charge on any atom is 0.306 e. The summed E-state index contributed by atoms with van der Waals surface area (Å²) in [6, 6.07) is -0.737. The number of aliphatic carboxylic acids is 1. The third-order valence-electron chi connectivity index (χ3n) is 12.1. The predicted octanol–water partition coefficient (Wildman–Crippen LogP) is 14.9. The lowest BCUT2D eigenvalue weighted by Gasteiger charge is -2.34. The Kier molecular flexibility index (Phi) is 46.8. The van der Waals surface area contributed by atoms with E-state index in [1.807, 2.05) is 0 Å². The van der Waals surface area contributed by atoms with Crippen LogP contribution >= 0.6 is 0 Å². The lowest BCUT2D eigenvalue weighted by atomic mass is 10.0. The lowest BCUT2D eigenvalue weighted by molar-refractivity contribution is -0.889. The van der Waals surface area contributed by atoms with E-state index in [2.05, 4.69) is 86.8 Å². The number of rotatable bonds is 49. The molecule has 0 fully saturated rings. The summed E-state index contributed by atoms with van der Waals surface area (Å²) in [5, 5.41) is 11.7. The third kappa shape index (κ3) is 47.6. The highest BCUT2D eigenvalue weighted by Crippen LogP contribution is 2.15. The summed E-state index contributed by atoms with van der Waals surface area (Å²) in [4.78, 5) is 37.1. The number of allylic oxidation sites excluding steroid dienone is 12. The van der Waals surface area contributed by atoms with Gasteiger partial charge < -0.3 is 28.6 Å². The average Bonchev–Trinajstić information content (AvgIpc) is 3.29. The molecule has 2 atom stereocenters. The van der Waals surface area contributed by atoms with Crippen molar-refractivity contribution < 1.29 is 38.2 Å². The van der Waals surface area contributed by atoms with Crippen LogP contribution < -0.4 is 5.11 Å². The van der Waals surface area contributed by atoms with E-state index < -0.39 is 18.1 Å². The Morgan fingerprint density at radius 3 is 1.24 bits per heavy atom. The first-order valence-electron chi connectivity index (χ1n) is 27.5. The van der Waals surface area contributed by atoms with E-state index in [1.54, 1.807) is 21.1 Å². The van der Waals surface area contributed by atoms with E-state index in [1.165, 1.54) is 135 Å². The van der Waals surface area contributed by atoms with Gasteiger partial charge in [0.05, 0.1) is 40.3 Å². The van der Waals surface area contributed by atoms with Gasteiger partial charge in [-0.1, -0.05) is 196 Å². The van der Waals surface area contributed by atoms with Gasteiger partial charge in [-0.25, -0.2) is 0 Å². The van der Waals surface area contributed by atoms with Gasteiger partial charge in [0.1, 0.15) is 12.6 Å². The Morgan fingerprint density at radius 1 is 0.448 bits per heavy atom. The number of carboxylic acid groups (broad SMARTS) is 1. The predicted molar refractivity (Wildman–Crippen MR) is 282 cm³/mol. The zero-order valence-corrected chi connectivity index (χ0v) is 44.1. The van der Waals surface area contributed by atoms with E-state index >= 15 is 0 Å². The van der Waals surface area contributed by atoms with E-state index in [9.17, 15) is 19.5 Å². The number of ether oxygens (including phenoxy) is 3. The maximum atomic E-state index is 12.8. The molecule has 0 aromatic heterocycles. The molecule has 0 rings (SSSR count). The molecule has 8 nitrogen and oxygen atoms in total. The van der Waals surface area contributed by atoms with Crippen molar-refractivity contribution in [1.82, 2.24) is 0 Å². The minimum Gasteiger partial charge on any atom is -0.544 e. The molecule has 0 N–H and O–H groups in total. The minimum absolute atomic E-state index is 0.0225. The van der Waals surface area contributed by atoms with Crippen LogP contribution in [-0.4, -0.2) is 75.5 Å². The molecule has 2 unspecified atom stereocenters. The van der Waals surface area contributed by atoms with Crippen molar-refractivity contribution in [3.8, 4) is 0 Å². The van der Waals surface area contributed by atoms with E-state index in [4.69, 9.17) is 14.2 Å². The van der Waals surface area contributed by atoms with E-state index in [0.717, 1.165) is 57.8 Å². The summed E-state index contributed by atoms with van der Waals surface area (Å²) in [6.07, 6.45) is 63.7. The van der Waals surface area contributed by atoms with Crippen LogP contribution in [0.4, 0.5) is 0 Å². The molecular weight excluding hydrogens is 835 g/mol. The molecule has 0 aliphatic carbocycles. The second kappa shape index (κ2) is 49.2. The Hall–Kier alpha value is -3.23. The largest absolute Gasteiger partial charge is 0.544 e. The average molecular weight is 938 g/mol. The number of unbranched alkanes of at least 4 members (excludes halogenated alkanes) is 23. The topological polar surface area (TPSA) is 102 Å². The molecule has 0 bridgehead atoms. The highest BCUT2D eigenvalue weighted by atomic mass is 16.6. The Labute approximate surface area is 412 Å². The van der Waals surface area contributed by atoms with Gasteiger partial charge in [-0.3, -0.25) is 9.59 Å². The molecule has 0 aliphatic heterocycles. The van der Waals surface area contributed by atoms with Crippen LogP contribution in [0.3, 0.4) is 0 Å². The first kappa shape index (κ1) is 63.8. The number of hydrogen-bond acceptors (Lipinski definition) is 7. The van der Waals surface area contributed by atoms with Gasteiger partial charge in [0.25, 0.3) is 0 Å². The van der Waals surface area contributed by atoms with Crippen LogP contribution in [0, 0.1) is 0 Å². The first-order chi connectivity index (χ1) is 32.6. The summed E-state index contributed by atoms with van der Waals surface area (Å²) in [6.45, 7) is 4.60. The highest BCUT2D eigenvalue weighted by molar-refractivity contribution is 5.70. The number of nitrogens with zero attached hydrogens (tertiary/aromatic N) is 1. The van der Waals surface area contributed by atoms with Gasteiger partial charge in [0, 0.05) is 19.3 Å². The van der Waals surface area contributed by atoms with Crippen LogP contribution in [-0.2, 0) is 28.6 Å². The van der Waals surface area contributed by atoms with Gasteiger partial charge in [0.15, 0.2) is 6.10 Å². The summed E-state index contributed by atoms with van der Waals surface area (Å²) >= 11 is 0. The van der Waals surface area contributed by atoms with Crippen LogP contribution in [0.5, 0.6) is 0 Å². The monoisotopic (exact) mass is 938 g/mol. The van der Waals surface area contributed by atoms with Gasteiger partial charge in [0.2, 0.25) is 0 Å². The van der Waals surface area contributed by atoms with Gasteiger partial charge in [-0.05, 0) is 89.9 Å². The highest BCUT2D eigenvalue weighted by Gasteiger charge is 2.25. The number of quaternary nitrogens is 1. The van der Waals surface area contributed by atoms with Crippen molar-refractivity contribution in [1.29, 1.82) is 0 Å². The fourth-order valence-electron chi connectivity index (χ4n) is 7.79. The number of carbonyl (C=O) groups excluding carboxylic acids is 3. The number of carbonyl (C=O) groups is 3. The third-order valence-corrected chi connectivity index (χ3v) is 12.1. The normalized spacial score (nSPS) is 13.4. The van der Waals surface area contributed by atoms with Crippen LogP contribution in [0.2, 0.25) is 0 Å². The molecule has 0 aromatic carbocycles. The lowest BCUT2D eigenvalue weighted by Crippen LogP contribution is -2.55. The SMILES string of the molecule is CCCCC/C=C/C/C=C/C/C=C/C/C=C/C/C=C/CCCCC(=O)OCC(COCCC(C(=O)[O-])[N+](C)(C)C)OC(=O)CCCCCCCCC/C=C/CCCCCCCCCCCCC. The maximum absolute atomic E-state index is 12.8. The first-order valence-corrected chi connectivity index (χ1v) is 27.5. The van der Waals surface area contributed by atoms with E-state index in [0.29, 0.717) is 19.3 Å². The summed E-state index contributed by atoms with van der Waals surface area (Å²) in [5.74, 6) is -1.79. The standard InChI is InChI=1S/C59H103NO7/c1-6-8-10-12-14-16-18-20-22-24-26-28-30-32-34-36-38-40-42-44-46-48-50-58(62)67-55(53-65-52-51-56(59(63)64)60(3,4)5)54-66-57(61)49-47-45-43-41-39-37-35-33-31-29-27-25-23-21-19-17-15-13-11-9-7-2/h15,17,21,23,27,29-30,32-33,35,39,41,55-56H,6-14,16,18-20,22,24-26,28,31,34,36-38,40,42-54H2,1-5H3/b17-15+,23-21+,29-27+,32-30+,35-33+,41-39+. The summed E-state index contributed by atoms with van der Waals surface area (Å²) < 4.78 is 17.2. The minimum atomic E-state index is -1.13. The second-order valence-electron chi connectivity index (χ2n) is 19.5. The fraction of sp³-hybridized carbons (Fsp3) is 0.746. The molecule has 0 saturated carbocycles. The van der Waals surface area contributed by atoms with Crippen molar-refractivity contribution >= 4 is 17.9 Å². The zero-order chi connectivity index (χ0) is 49.2. The van der Waals surface area contributed by atoms with Crippen molar-refractivity contribution in [2.45, 2.75) is 244 Å². The summed E-state index contributed by atoms with van der Waals surface area (Å²) in [5.41, 5.74) is 0. The number of esters is 2. The quantitative estimate of drug-likeness (QED) is 0.0259. The van der Waals surface area contributed by atoms with Gasteiger partial charge in [-0.2, -0.15) is 0 Å². The zero-order valence-electron chi connectivity index (χ0n) is 44.1.